The number of nitrogens with two attached hydrogens (primary N) is 1. The molecule has 0 bridgehead atoms. The zero-order valence-electron chi connectivity index (χ0n) is 9.91. The zero-order chi connectivity index (χ0) is 14.0. The van der Waals surface area contributed by atoms with Gasteiger partial charge in [0.05, 0.1) is 11.2 Å². The molecule has 98 valence electrons. The van der Waals surface area contributed by atoms with E-state index < -0.39 is 5.82 Å². The molecule has 4 N–H and O–H groups in total. The number of nitrogen functional groups attached to an aromatic ring is 1. The van der Waals surface area contributed by atoms with E-state index in [0.717, 1.165) is 6.20 Å². The van der Waals surface area contributed by atoms with Gasteiger partial charge in [-0.15, -0.1) is 0 Å². The van der Waals surface area contributed by atoms with Gasteiger partial charge in [-0.2, -0.15) is 0 Å². The molecule has 0 aliphatic carbocycles. The van der Waals surface area contributed by atoms with Crippen LogP contribution in [0.5, 0.6) is 0 Å². The maximum absolute atomic E-state index is 13.3. The van der Waals surface area contributed by atoms with E-state index in [1.807, 2.05) is 0 Å². The third-order valence-corrected chi connectivity index (χ3v) is 2.57. The number of nitrogens with one attached hydrogen (secondary N) is 2. The number of pyridine rings is 1. The monoisotopic (exact) mass is 280 g/mol. The largest absolute Gasteiger partial charge is 0.383 e. The molecule has 0 atom stereocenters. The Balaban J connectivity index is 2.47. The number of hydrogen-bond donors (Lipinski definition) is 3. The minimum atomic E-state index is -0.601. The molecule has 0 aliphatic heterocycles. The standard InChI is InChI=1S/C11H10ClFN6/c1-16-10-7(13)4-18-11(19-10)8(14)6-2-5(12)3-17-9(6)15/h2-4,14H,1H3,(H2,15,17)(H,16,18,19). The van der Waals surface area contributed by atoms with Crippen LogP contribution in [0.25, 0.3) is 0 Å². The highest BCUT2D eigenvalue weighted by Crippen LogP contribution is 2.18. The van der Waals surface area contributed by atoms with Gasteiger partial charge in [0.15, 0.2) is 17.5 Å². The molecular formula is C11H10ClFN6. The maximum atomic E-state index is 13.3. The first-order valence-electron chi connectivity index (χ1n) is 5.23. The van der Waals surface area contributed by atoms with Crippen LogP contribution < -0.4 is 11.1 Å². The van der Waals surface area contributed by atoms with Crippen LogP contribution in [-0.2, 0) is 0 Å². The number of aromatic nitrogens is 3. The predicted octanol–water partition coefficient (Wildman–Crippen LogP) is 1.70. The number of nitrogens with zero attached hydrogens (tertiary/aromatic N) is 3. The van der Waals surface area contributed by atoms with Crippen LogP contribution in [0.1, 0.15) is 11.4 Å². The van der Waals surface area contributed by atoms with E-state index in [-0.39, 0.29) is 23.2 Å². The van der Waals surface area contributed by atoms with Crippen molar-refractivity contribution in [2.24, 2.45) is 0 Å². The molecule has 19 heavy (non-hydrogen) atoms. The molecule has 2 rings (SSSR count). The number of halogens is 2. The summed E-state index contributed by atoms with van der Waals surface area (Å²) in [6.07, 6.45) is 2.36. The Bertz CT molecular complexity index is 645. The lowest BCUT2D eigenvalue weighted by atomic mass is 10.1. The van der Waals surface area contributed by atoms with Gasteiger partial charge in [-0.3, -0.25) is 5.41 Å². The van der Waals surface area contributed by atoms with Crippen LogP contribution >= 0.6 is 11.6 Å². The Morgan fingerprint density at radius 1 is 1.42 bits per heavy atom. The van der Waals surface area contributed by atoms with Gasteiger partial charge in [0.2, 0.25) is 0 Å². The van der Waals surface area contributed by atoms with Gasteiger partial charge in [-0.05, 0) is 6.07 Å². The van der Waals surface area contributed by atoms with Crippen LogP contribution in [0.2, 0.25) is 5.02 Å². The molecule has 2 aromatic rings. The van der Waals surface area contributed by atoms with E-state index in [9.17, 15) is 4.39 Å². The van der Waals surface area contributed by atoms with E-state index >= 15 is 0 Å². The third-order valence-electron chi connectivity index (χ3n) is 2.36. The van der Waals surface area contributed by atoms with Crippen molar-refractivity contribution in [3.63, 3.8) is 0 Å². The van der Waals surface area contributed by atoms with Crippen LogP contribution in [0.3, 0.4) is 0 Å². The fourth-order valence-electron chi connectivity index (χ4n) is 1.43. The van der Waals surface area contributed by atoms with Crippen LogP contribution in [0.15, 0.2) is 18.5 Å². The Labute approximate surface area is 113 Å². The maximum Gasteiger partial charge on any atom is 0.183 e. The first kappa shape index (κ1) is 13.2. The second kappa shape index (κ2) is 5.15. The number of anilines is 2. The Morgan fingerprint density at radius 2 is 2.16 bits per heavy atom. The van der Waals surface area contributed by atoms with Crippen molar-refractivity contribution in [3.8, 4) is 0 Å². The Morgan fingerprint density at radius 3 is 2.84 bits per heavy atom. The molecule has 0 spiro atoms. The zero-order valence-corrected chi connectivity index (χ0v) is 10.7. The molecule has 0 aromatic carbocycles. The highest BCUT2D eigenvalue weighted by molar-refractivity contribution is 6.31. The Hall–Kier alpha value is -2.28. The summed E-state index contributed by atoms with van der Waals surface area (Å²) >= 11 is 5.80. The molecule has 2 heterocycles. The van der Waals surface area contributed by atoms with Crippen LogP contribution in [0, 0.1) is 11.2 Å². The van der Waals surface area contributed by atoms with Crippen molar-refractivity contribution in [2.75, 3.05) is 18.1 Å². The second-order valence-corrected chi connectivity index (χ2v) is 4.04. The van der Waals surface area contributed by atoms with Gasteiger partial charge in [0.25, 0.3) is 0 Å². The lowest BCUT2D eigenvalue weighted by molar-refractivity contribution is 0.617. The summed E-state index contributed by atoms with van der Waals surface area (Å²) in [7, 11) is 1.52. The minimum Gasteiger partial charge on any atom is -0.383 e. The van der Waals surface area contributed by atoms with E-state index in [2.05, 4.69) is 20.3 Å². The van der Waals surface area contributed by atoms with E-state index in [1.54, 1.807) is 0 Å². The van der Waals surface area contributed by atoms with Gasteiger partial charge in [0, 0.05) is 18.8 Å². The van der Waals surface area contributed by atoms with Crippen molar-refractivity contribution in [2.45, 2.75) is 0 Å². The fraction of sp³-hybridized carbons (Fsp3) is 0.0909. The summed E-state index contributed by atoms with van der Waals surface area (Å²) in [5, 5.41) is 10.9. The predicted molar refractivity (Wildman–Crippen MR) is 71.1 cm³/mol. The lowest BCUT2D eigenvalue weighted by Gasteiger charge is -2.07. The molecule has 6 nitrogen and oxygen atoms in total. The summed E-state index contributed by atoms with van der Waals surface area (Å²) in [6, 6.07) is 1.48. The summed E-state index contributed by atoms with van der Waals surface area (Å²) in [4.78, 5) is 11.5. The molecule has 0 saturated heterocycles. The second-order valence-electron chi connectivity index (χ2n) is 3.60. The highest BCUT2D eigenvalue weighted by Gasteiger charge is 2.15. The van der Waals surface area contributed by atoms with Gasteiger partial charge in [0.1, 0.15) is 11.5 Å². The molecule has 8 heteroatoms. The van der Waals surface area contributed by atoms with E-state index in [1.165, 1.54) is 19.3 Å². The molecule has 0 radical (unpaired) electrons. The quantitative estimate of drug-likeness (QED) is 0.743. The molecule has 2 aromatic heterocycles. The first-order valence-corrected chi connectivity index (χ1v) is 5.61. The van der Waals surface area contributed by atoms with Gasteiger partial charge in [-0.1, -0.05) is 11.6 Å². The average molecular weight is 281 g/mol. The molecule has 0 aliphatic rings. The number of rotatable bonds is 3. The topological polar surface area (TPSA) is 101 Å². The molecule has 0 fully saturated rings. The smallest absolute Gasteiger partial charge is 0.183 e. The van der Waals surface area contributed by atoms with Gasteiger partial charge >= 0.3 is 0 Å². The van der Waals surface area contributed by atoms with Crippen molar-refractivity contribution < 1.29 is 4.39 Å². The summed E-state index contributed by atoms with van der Waals surface area (Å²) < 4.78 is 13.3. The molecule has 0 amide bonds. The molecule has 0 unspecified atom stereocenters. The minimum absolute atomic E-state index is 0.00306. The van der Waals surface area contributed by atoms with E-state index in [4.69, 9.17) is 22.7 Å². The fourth-order valence-corrected chi connectivity index (χ4v) is 1.59. The summed E-state index contributed by atoms with van der Waals surface area (Å²) in [5.74, 6) is -0.436. The summed E-state index contributed by atoms with van der Waals surface area (Å²) in [6.45, 7) is 0. The van der Waals surface area contributed by atoms with Crippen molar-refractivity contribution >= 4 is 28.9 Å². The van der Waals surface area contributed by atoms with Crippen LogP contribution in [-0.4, -0.2) is 27.7 Å². The van der Waals surface area contributed by atoms with Crippen molar-refractivity contribution in [3.05, 3.63) is 40.7 Å². The van der Waals surface area contributed by atoms with Gasteiger partial charge in [-0.25, -0.2) is 19.3 Å². The highest BCUT2D eigenvalue weighted by atomic mass is 35.5. The van der Waals surface area contributed by atoms with E-state index in [0.29, 0.717) is 10.6 Å². The van der Waals surface area contributed by atoms with Gasteiger partial charge < -0.3 is 11.1 Å². The summed E-state index contributed by atoms with van der Waals surface area (Å²) in [5.41, 5.74) is 5.89. The lowest BCUT2D eigenvalue weighted by Crippen LogP contribution is -2.12. The average Bonchev–Trinajstić information content (AvgIpc) is 2.41. The SMILES string of the molecule is CNc1nc(C(=N)c2cc(Cl)cnc2N)ncc1F. The van der Waals surface area contributed by atoms with Crippen LogP contribution in [0.4, 0.5) is 16.0 Å². The Kier molecular flexibility index (Phi) is 3.57. The first-order chi connectivity index (χ1) is 9.02. The third kappa shape index (κ3) is 2.60. The normalized spacial score (nSPS) is 10.3. The van der Waals surface area contributed by atoms with Crippen molar-refractivity contribution in [1.29, 1.82) is 5.41 Å². The van der Waals surface area contributed by atoms with Crippen molar-refractivity contribution in [1.82, 2.24) is 15.0 Å². The molecule has 0 saturated carbocycles. The molecular weight excluding hydrogens is 271 g/mol. The number of hydrogen-bond acceptors (Lipinski definition) is 6.